The van der Waals surface area contributed by atoms with Crippen LogP contribution in [0, 0.1) is 11.6 Å². The van der Waals surface area contributed by atoms with Gasteiger partial charge >= 0.3 is 0 Å². The summed E-state index contributed by atoms with van der Waals surface area (Å²) in [5.74, 6) is -1.25. The van der Waals surface area contributed by atoms with Crippen LogP contribution in [0.25, 0.3) is 0 Å². The highest BCUT2D eigenvalue weighted by Crippen LogP contribution is 2.45. The van der Waals surface area contributed by atoms with E-state index >= 15 is 0 Å². The second-order valence-electron chi connectivity index (χ2n) is 8.72. The van der Waals surface area contributed by atoms with E-state index in [1.807, 2.05) is 0 Å². The molecule has 1 saturated carbocycles. The van der Waals surface area contributed by atoms with Crippen LogP contribution in [-0.2, 0) is 25.4 Å². The Morgan fingerprint density at radius 1 is 1.12 bits per heavy atom. The molecule has 2 unspecified atom stereocenters. The Hall–Kier alpha value is -2.77. The Balaban J connectivity index is 1.48. The average molecular weight is 441 g/mol. The fraction of sp³-hybridized carbons (Fsp3) is 0.400. The maximum Gasteiger partial charge on any atom is 0.126 e. The number of benzene rings is 2. The highest BCUT2D eigenvalue weighted by atomic mass is 19.1. The van der Waals surface area contributed by atoms with E-state index in [0.29, 0.717) is 12.1 Å². The summed E-state index contributed by atoms with van der Waals surface area (Å²) < 4.78 is 29.1. The minimum atomic E-state index is -0.784. The smallest absolute Gasteiger partial charge is 0.126 e. The molecule has 0 aliphatic heterocycles. The van der Waals surface area contributed by atoms with Gasteiger partial charge in [-0.3, -0.25) is 4.68 Å². The molecule has 2 aromatic carbocycles. The average Bonchev–Trinajstić information content (AvgIpc) is 3.45. The summed E-state index contributed by atoms with van der Waals surface area (Å²) in [5.41, 5.74) is 3.65. The van der Waals surface area contributed by atoms with E-state index in [-0.39, 0.29) is 12.0 Å². The predicted molar refractivity (Wildman–Crippen MR) is 121 cm³/mol. The third-order valence-electron chi connectivity index (χ3n) is 6.19. The SMILES string of the molecule is CCc1cccc(C2(NCC(O)C(Cc3cc(F)cc(F)c3)Nc3cnn(C)c3)CC2)c1. The van der Waals surface area contributed by atoms with Gasteiger partial charge in [0.2, 0.25) is 0 Å². The van der Waals surface area contributed by atoms with Gasteiger partial charge in [0.15, 0.2) is 0 Å². The molecule has 4 rings (SSSR count). The van der Waals surface area contributed by atoms with Crippen molar-refractivity contribution in [1.82, 2.24) is 15.1 Å². The number of aliphatic hydroxyl groups is 1. The van der Waals surface area contributed by atoms with Crippen molar-refractivity contribution in [3.05, 3.63) is 83.2 Å². The van der Waals surface area contributed by atoms with Crippen molar-refractivity contribution in [2.24, 2.45) is 7.05 Å². The molecule has 1 aliphatic carbocycles. The van der Waals surface area contributed by atoms with Gasteiger partial charge in [-0.15, -0.1) is 0 Å². The van der Waals surface area contributed by atoms with Gasteiger partial charge in [0.05, 0.1) is 24.0 Å². The zero-order chi connectivity index (χ0) is 22.7. The van der Waals surface area contributed by atoms with Gasteiger partial charge in [-0.2, -0.15) is 5.10 Å². The molecule has 2 atom stereocenters. The van der Waals surface area contributed by atoms with E-state index in [9.17, 15) is 13.9 Å². The summed E-state index contributed by atoms with van der Waals surface area (Å²) in [6.07, 6.45) is 5.97. The molecule has 0 amide bonds. The number of aryl methyl sites for hydroxylation is 2. The maximum absolute atomic E-state index is 13.7. The van der Waals surface area contributed by atoms with Crippen molar-refractivity contribution in [1.29, 1.82) is 0 Å². The summed E-state index contributed by atoms with van der Waals surface area (Å²) in [4.78, 5) is 0. The molecule has 0 spiro atoms. The maximum atomic E-state index is 13.7. The third kappa shape index (κ3) is 5.34. The van der Waals surface area contributed by atoms with E-state index in [4.69, 9.17) is 0 Å². The zero-order valence-corrected chi connectivity index (χ0v) is 18.5. The van der Waals surface area contributed by atoms with Crippen molar-refractivity contribution < 1.29 is 13.9 Å². The first-order valence-corrected chi connectivity index (χ1v) is 11.1. The van der Waals surface area contributed by atoms with Gasteiger partial charge in [0.1, 0.15) is 11.6 Å². The first-order valence-electron chi connectivity index (χ1n) is 11.1. The number of nitrogens with one attached hydrogen (secondary N) is 2. The molecule has 1 heterocycles. The summed E-state index contributed by atoms with van der Waals surface area (Å²) >= 11 is 0. The van der Waals surface area contributed by atoms with Crippen molar-refractivity contribution in [2.75, 3.05) is 11.9 Å². The number of rotatable bonds is 10. The van der Waals surface area contributed by atoms with E-state index in [1.54, 1.807) is 24.1 Å². The molecule has 3 aromatic rings. The molecule has 0 bridgehead atoms. The Kier molecular flexibility index (Phi) is 6.58. The van der Waals surface area contributed by atoms with E-state index in [2.05, 4.69) is 46.9 Å². The molecule has 0 radical (unpaired) electrons. The summed E-state index contributed by atoms with van der Waals surface area (Å²) in [7, 11) is 1.81. The number of aliphatic hydroxyl groups excluding tert-OH is 1. The Bertz CT molecular complexity index is 1040. The molecule has 32 heavy (non-hydrogen) atoms. The molecule has 7 heteroatoms. The fourth-order valence-corrected chi connectivity index (χ4v) is 4.20. The van der Waals surface area contributed by atoms with E-state index in [0.717, 1.165) is 31.0 Å². The minimum Gasteiger partial charge on any atom is -0.390 e. The Morgan fingerprint density at radius 2 is 1.88 bits per heavy atom. The van der Waals surface area contributed by atoms with Gasteiger partial charge in [-0.25, -0.2) is 8.78 Å². The highest BCUT2D eigenvalue weighted by molar-refractivity contribution is 5.40. The van der Waals surface area contributed by atoms with Crippen LogP contribution in [0.2, 0.25) is 0 Å². The molecule has 1 fully saturated rings. The first-order chi connectivity index (χ1) is 15.4. The predicted octanol–water partition coefficient (Wildman–Crippen LogP) is 3.92. The summed E-state index contributed by atoms with van der Waals surface area (Å²) in [6.45, 7) is 2.49. The molecule has 170 valence electrons. The van der Waals surface area contributed by atoms with Gasteiger partial charge < -0.3 is 15.7 Å². The quantitative estimate of drug-likeness (QED) is 0.447. The Labute approximate surface area is 187 Å². The minimum absolute atomic E-state index is 0.115. The van der Waals surface area contributed by atoms with Gasteiger partial charge in [0, 0.05) is 31.4 Å². The van der Waals surface area contributed by atoms with Crippen LogP contribution in [0.4, 0.5) is 14.5 Å². The number of hydrogen-bond acceptors (Lipinski definition) is 4. The van der Waals surface area contributed by atoms with Crippen LogP contribution in [0.3, 0.4) is 0 Å². The molecule has 0 saturated heterocycles. The monoisotopic (exact) mass is 440 g/mol. The van der Waals surface area contributed by atoms with Crippen LogP contribution in [0.5, 0.6) is 0 Å². The number of hydrogen-bond donors (Lipinski definition) is 3. The lowest BCUT2D eigenvalue weighted by Crippen LogP contribution is -2.45. The van der Waals surface area contributed by atoms with Crippen LogP contribution in [-0.4, -0.2) is 33.6 Å². The van der Waals surface area contributed by atoms with Gasteiger partial charge in [-0.05, 0) is 54.5 Å². The molecular weight excluding hydrogens is 410 g/mol. The summed E-state index contributed by atoms with van der Waals surface area (Å²) in [5, 5.41) is 22.1. The van der Waals surface area contributed by atoms with Crippen LogP contribution < -0.4 is 10.6 Å². The van der Waals surface area contributed by atoms with E-state index < -0.39 is 23.8 Å². The number of nitrogens with zero attached hydrogens (tertiary/aromatic N) is 2. The Morgan fingerprint density at radius 3 is 2.50 bits per heavy atom. The van der Waals surface area contributed by atoms with Crippen molar-refractivity contribution in [3.8, 4) is 0 Å². The van der Waals surface area contributed by atoms with Crippen molar-refractivity contribution in [3.63, 3.8) is 0 Å². The molecule has 1 aromatic heterocycles. The highest BCUT2D eigenvalue weighted by Gasteiger charge is 2.44. The molecule has 5 nitrogen and oxygen atoms in total. The first kappa shape index (κ1) is 22.4. The second-order valence-corrected chi connectivity index (χ2v) is 8.72. The number of anilines is 1. The van der Waals surface area contributed by atoms with Crippen molar-refractivity contribution in [2.45, 2.75) is 50.3 Å². The topological polar surface area (TPSA) is 62.1 Å². The normalized spacial score (nSPS) is 16.5. The van der Waals surface area contributed by atoms with Crippen molar-refractivity contribution >= 4 is 5.69 Å². The third-order valence-corrected chi connectivity index (χ3v) is 6.19. The zero-order valence-electron chi connectivity index (χ0n) is 18.5. The van der Waals surface area contributed by atoms with Gasteiger partial charge in [0.25, 0.3) is 0 Å². The molecule has 1 aliphatic rings. The lowest BCUT2D eigenvalue weighted by Gasteiger charge is -2.27. The van der Waals surface area contributed by atoms with Crippen LogP contribution in [0.1, 0.15) is 36.5 Å². The number of aromatic nitrogens is 2. The number of halogens is 2. The van der Waals surface area contributed by atoms with E-state index in [1.165, 1.54) is 23.3 Å². The lowest BCUT2D eigenvalue weighted by atomic mass is 9.98. The van der Waals surface area contributed by atoms with Crippen LogP contribution >= 0.6 is 0 Å². The standard InChI is InChI=1S/C25H30F2N4O/c1-3-17-5-4-6-19(9-17)25(7-8-25)28-15-24(32)23(30-22-14-29-31(2)16-22)12-18-10-20(26)13-21(27)11-18/h4-6,9-11,13-14,16,23-24,28,30,32H,3,7-8,12,15H2,1-2H3. The molecular formula is C25H30F2N4O. The van der Waals surface area contributed by atoms with Crippen LogP contribution in [0.15, 0.2) is 54.9 Å². The largest absolute Gasteiger partial charge is 0.390 e. The second kappa shape index (κ2) is 9.38. The lowest BCUT2D eigenvalue weighted by molar-refractivity contribution is 0.143. The van der Waals surface area contributed by atoms with Gasteiger partial charge in [-0.1, -0.05) is 31.2 Å². The summed E-state index contributed by atoms with van der Waals surface area (Å²) in [6, 6.07) is 11.6. The fourth-order valence-electron chi connectivity index (χ4n) is 4.20. The molecule has 3 N–H and O–H groups in total.